The zero-order valence-corrected chi connectivity index (χ0v) is 13.7. The van der Waals surface area contributed by atoms with E-state index in [4.69, 9.17) is 16.0 Å². The van der Waals surface area contributed by atoms with Crippen LogP contribution in [0, 0.1) is 6.92 Å². The summed E-state index contributed by atoms with van der Waals surface area (Å²) in [6, 6.07) is 10.6. The molecule has 0 saturated heterocycles. The first kappa shape index (κ1) is 16.3. The Labute approximate surface area is 143 Å². The summed E-state index contributed by atoms with van der Waals surface area (Å²) in [5.74, 6) is 0.735. The van der Waals surface area contributed by atoms with Crippen LogP contribution in [0.1, 0.15) is 16.1 Å². The van der Waals surface area contributed by atoms with Gasteiger partial charge in [-0.15, -0.1) is 0 Å². The lowest BCUT2D eigenvalue weighted by molar-refractivity contribution is 0.102. The number of amides is 1. The molecule has 3 aromatic rings. The molecule has 0 bridgehead atoms. The van der Waals surface area contributed by atoms with E-state index in [9.17, 15) is 9.90 Å². The number of aliphatic hydroxyl groups is 1. The number of anilines is 1. The fourth-order valence-corrected chi connectivity index (χ4v) is 2.57. The minimum absolute atomic E-state index is 0.0930. The summed E-state index contributed by atoms with van der Waals surface area (Å²) >= 11 is 6.02. The highest BCUT2D eigenvalue weighted by Crippen LogP contribution is 2.25. The quantitative estimate of drug-likeness (QED) is 0.743. The highest BCUT2D eigenvalue weighted by molar-refractivity contribution is 6.30. The smallest absolute Gasteiger partial charge is 0.260 e. The third-order valence-electron chi connectivity index (χ3n) is 3.56. The van der Waals surface area contributed by atoms with Gasteiger partial charge in [0.05, 0.1) is 30.7 Å². The number of hydrogen-bond donors (Lipinski definition) is 2. The Balaban J connectivity index is 1.92. The second-order valence-electron chi connectivity index (χ2n) is 5.22. The van der Waals surface area contributed by atoms with E-state index < -0.39 is 0 Å². The molecule has 2 aromatic heterocycles. The molecule has 124 valence electrons. The molecule has 6 nitrogen and oxygen atoms in total. The van der Waals surface area contributed by atoms with Crippen LogP contribution in [0.5, 0.6) is 0 Å². The number of aromatic nitrogens is 2. The topological polar surface area (TPSA) is 80.3 Å². The lowest BCUT2D eigenvalue weighted by Crippen LogP contribution is -2.16. The van der Waals surface area contributed by atoms with E-state index in [2.05, 4.69) is 10.4 Å². The molecule has 2 N–H and O–H groups in total. The molecule has 0 radical (unpaired) electrons. The van der Waals surface area contributed by atoms with Gasteiger partial charge in [-0.2, -0.15) is 5.10 Å². The van der Waals surface area contributed by atoms with Crippen molar-refractivity contribution in [3.63, 3.8) is 0 Å². The third-order valence-corrected chi connectivity index (χ3v) is 3.79. The predicted molar refractivity (Wildman–Crippen MR) is 91.2 cm³/mol. The van der Waals surface area contributed by atoms with Gasteiger partial charge in [0.15, 0.2) is 0 Å². The Morgan fingerprint density at radius 1 is 1.38 bits per heavy atom. The SMILES string of the molecule is Cc1occc1C(=O)Nc1cc(-c2cccc(Cl)c2)nn1CCO. The second kappa shape index (κ2) is 6.90. The lowest BCUT2D eigenvalue weighted by atomic mass is 10.1. The number of furan rings is 1. The molecule has 0 unspecified atom stereocenters. The highest BCUT2D eigenvalue weighted by atomic mass is 35.5. The Morgan fingerprint density at radius 3 is 2.88 bits per heavy atom. The number of carbonyl (C=O) groups is 1. The minimum Gasteiger partial charge on any atom is -0.469 e. The van der Waals surface area contributed by atoms with Crippen LogP contribution in [0.2, 0.25) is 5.02 Å². The zero-order chi connectivity index (χ0) is 17.1. The van der Waals surface area contributed by atoms with Crippen molar-refractivity contribution in [2.75, 3.05) is 11.9 Å². The van der Waals surface area contributed by atoms with Crippen LogP contribution < -0.4 is 5.32 Å². The molecular formula is C17H16ClN3O3. The van der Waals surface area contributed by atoms with E-state index in [0.29, 0.717) is 27.9 Å². The second-order valence-corrected chi connectivity index (χ2v) is 5.65. The maximum absolute atomic E-state index is 12.4. The largest absolute Gasteiger partial charge is 0.469 e. The maximum atomic E-state index is 12.4. The molecule has 0 fully saturated rings. The first-order chi connectivity index (χ1) is 11.6. The summed E-state index contributed by atoms with van der Waals surface area (Å²) in [6.45, 7) is 1.89. The fraction of sp³-hybridized carbons (Fsp3) is 0.176. The summed E-state index contributed by atoms with van der Waals surface area (Å²) in [7, 11) is 0. The van der Waals surface area contributed by atoms with Crippen molar-refractivity contribution in [1.82, 2.24) is 9.78 Å². The summed E-state index contributed by atoms with van der Waals surface area (Å²) in [5.41, 5.74) is 1.94. The molecule has 0 saturated carbocycles. The summed E-state index contributed by atoms with van der Waals surface area (Å²) in [5, 5.41) is 17.1. The van der Waals surface area contributed by atoms with Gasteiger partial charge in [-0.25, -0.2) is 4.68 Å². The number of nitrogens with zero attached hydrogens (tertiary/aromatic N) is 2. The van der Waals surface area contributed by atoms with Crippen molar-refractivity contribution in [2.45, 2.75) is 13.5 Å². The Morgan fingerprint density at radius 2 is 2.21 bits per heavy atom. The molecule has 1 amide bonds. The summed E-state index contributed by atoms with van der Waals surface area (Å²) in [4.78, 5) is 12.4. The Hall–Kier alpha value is -2.57. The van der Waals surface area contributed by atoms with Crippen LogP contribution in [0.25, 0.3) is 11.3 Å². The third kappa shape index (κ3) is 3.34. The van der Waals surface area contributed by atoms with E-state index >= 15 is 0 Å². The summed E-state index contributed by atoms with van der Waals surface area (Å²) in [6.07, 6.45) is 1.46. The van der Waals surface area contributed by atoms with Crippen LogP contribution in [-0.4, -0.2) is 27.4 Å². The molecule has 1 aromatic carbocycles. The molecule has 0 spiro atoms. The molecule has 24 heavy (non-hydrogen) atoms. The predicted octanol–water partition coefficient (Wildman–Crippen LogP) is 3.35. The van der Waals surface area contributed by atoms with E-state index in [1.54, 1.807) is 35.9 Å². The zero-order valence-electron chi connectivity index (χ0n) is 13.0. The van der Waals surface area contributed by atoms with Crippen molar-refractivity contribution in [2.24, 2.45) is 0 Å². The van der Waals surface area contributed by atoms with Crippen molar-refractivity contribution in [3.05, 3.63) is 59.0 Å². The standard InChI is InChI=1S/C17H16ClN3O3/c1-11-14(5-8-24-11)17(23)19-16-10-15(20-21(16)6-7-22)12-3-2-4-13(18)9-12/h2-5,8-10,22H,6-7H2,1H3,(H,19,23). The van der Waals surface area contributed by atoms with Crippen molar-refractivity contribution < 1.29 is 14.3 Å². The molecule has 7 heteroatoms. The number of aryl methyl sites for hydroxylation is 1. The Kier molecular flexibility index (Phi) is 4.69. The van der Waals surface area contributed by atoms with Gasteiger partial charge in [-0.3, -0.25) is 4.79 Å². The number of aliphatic hydroxyl groups excluding tert-OH is 1. The van der Waals surface area contributed by atoms with Gasteiger partial charge in [0.2, 0.25) is 0 Å². The van der Waals surface area contributed by atoms with E-state index in [1.165, 1.54) is 6.26 Å². The van der Waals surface area contributed by atoms with E-state index in [0.717, 1.165) is 5.56 Å². The molecule has 0 aliphatic rings. The number of hydrogen-bond acceptors (Lipinski definition) is 4. The average Bonchev–Trinajstić information content (AvgIpc) is 3.14. The van der Waals surface area contributed by atoms with Gasteiger partial charge in [-0.1, -0.05) is 23.7 Å². The summed E-state index contributed by atoms with van der Waals surface area (Å²) < 4.78 is 6.70. The molecule has 0 atom stereocenters. The first-order valence-corrected chi connectivity index (χ1v) is 7.76. The highest BCUT2D eigenvalue weighted by Gasteiger charge is 2.16. The molecule has 0 aliphatic heterocycles. The molecule has 2 heterocycles. The lowest BCUT2D eigenvalue weighted by Gasteiger charge is -2.06. The van der Waals surface area contributed by atoms with Gasteiger partial charge < -0.3 is 14.8 Å². The minimum atomic E-state index is -0.294. The van der Waals surface area contributed by atoms with Gasteiger partial charge >= 0.3 is 0 Å². The van der Waals surface area contributed by atoms with E-state index in [-0.39, 0.29) is 19.1 Å². The van der Waals surface area contributed by atoms with Crippen LogP contribution in [0.3, 0.4) is 0 Å². The normalized spacial score (nSPS) is 10.8. The first-order valence-electron chi connectivity index (χ1n) is 7.38. The van der Waals surface area contributed by atoms with Gasteiger partial charge in [0, 0.05) is 16.7 Å². The molecular weight excluding hydrogens is 330 g/mol. The number of benzene rings is 1. The average molecular weight is 346 g/mol. The van der Waals surface area contributed by atoms with Gasteiger partial charge in [-0.05, 0) is 25.1 Å². The number of halogens is 1. The molecule has 3 rings (SSSR count). The number of nitrogens with one attached hydrogen (secondary N) is 1. The number of rotatable bonds is 5. The van der Waals surface area contributed by atoms with Crippen LogP contribution in [0.15, 0.2) is 47.1 Å². The van der Waals surface area contributed by atoms with Crippen molar-refractivity contribution in [1.29, 1.82) is 0 Å². The van der Waals surface area contributed by atoms with Crippen molar-refractivity contribution in [3.8, 4) is 11.3 Å². The number of carbonyl (C=O) groups excluding carboxylic acids is 1. The molecule has 0 aliphatic carbocycles. The fourth-order valence-electron chi connectivity index (χ4n) is 2.38. The van der Waals surface area contributed by atoms with E-state index in [1.807, 2.05) is 12.1 Å². The Bertz CT molecular complexity index is 870. The van der Waals surface area contributed by atoms with Crippen molar-refractivity contribution >= 4 is 23.3 Å². The van der Waals surface area contributed by atoms with Crippen LogP contribution >= 0.6 is 11.6 Å². The maximum Gasteiger partial charge on any atom is 0.260 e. The van der Waals surface area contributed by atoms with Crippen LogP contribution in [-0.2, 0) is 6.54 Å². The monoisotopic (exact) mass is 345 g/mol. The van der Waals surface area contributed by atoms with Gasteiger partial charge in [0.25, 0.3) is 5.91 Å². The van der Waals surface area contributed by atoms with Gasteiger partial charge in [0.1, 0.15) is 11.6 Å². The van der Waals surface area contributed by atoms with Crippen LogP contribution in [0.4, 0.5) is 5.82 Å².